The van der Waals surface area contributed by atoms with Gasteiger partial charge >= 0.3 is 5.97 Å². The van der Waals surface area contributed by atoms with Crippen LogP contribution in [0.2, 0.25) is 0 Å². The minimum atomic E-state index is -3.60. The van der Waals surface area contributed by atoms with Crippen molar-refractivity contribution in [2.75, 3.05) is 26.5 Å². The molecule has 23 heavy (non-hydrogen) atoms. The van der Waals surface area contributed by atoms with Gasteiger partial charge in [0, 0.05) is 19.2 Å². The summed E-state index contributed by atoms with van der Waals surface area (Å²) in [4.78, 5) is 11.9. The van der Waals surface area contributed by atoms with Gasteiger partial charge in [-0.1, -0.05) is 0 Å². The maximum Gasteiger partial charge on any atom is 0.309 e. The van der Waals surface area contributed by atoms with Crippen molar-refractivity contribution in [1.82, 2.24) is 4.31 Å². The van der Waals surface area contributed by atoms with Crippen LogP contribution in [0.1, 0.15) is 19.8 Å². The molecule has 0 radical (unpaired) electrons. The molecule has 0 atom stereocenters. The third-order valence-corrected chi connectivity index (χ3v) is 5.95. The number of carbonyl (C=O) groups excluding carboxylic acids is 1. The fourth-order valence-corrected chi connectivity index (χ4v) is 4.26. The number of rotatable bonds is 4. The minimum absolute atomic E-state index is 0.101. The molecule has 0 bridgehead atoms. The summed E-state index contributed by atoms with van der Waals surface area (Å²) < 4.78 is 42.2. The first-order valence-electron chi connectivity index (χ1n) is 7.59. The minimum Gasteiger partial charge on any atom is -0.466 e. The van der Waals surface area contributed by atoms with E-state index in [4.69, 9.17) is 14.2 Å². The van der Waals surface area contributed by atoms with Gasteiger partial charge in [0.25, 0.3) is 0 Å². The largest absolute Gasteiger partial charge is 0.466 e. The fourth-order valence-electron chi connectivity index (χ4n) is 2.78. The van der Waals surface area contributed by atoms with Crippen molar-refractivity contribution in [1.29, 1.82) is 0 Å². The number of piperidine rings is 1. The van der Waals surface area contributed by atoms with Crippen LogP contribution in [0, 0.1) is 5.92 Å². The Kier molecular flexibility index (Phi) is 4.45. The lowest BCUT2D eigenvalue weighted by Crippen LogP contribution is -2.40. The van der Waals surface area contributed by atoms with Gasteiger partial charge in [-0.05, 0) is 31.9 Å². The van der Waals surface area contributed by atoms with Gasteiger partial charge in [0.05, 0.1) is 17.4 Å². The lowest BCUT2D eigenvalue weighted by Gasteiger charge is -2.30. The summed E-state index contributed by atoms with van der Waals surface area (Å²) in [6.45, 7) is 2.82. The lowest BCUT2D eigenvalue weighted by molar-refractivity contribution is -0.149. The summed E-state index contributed by atoms with van der Waals surface area (Å²) in [7, 11) is -3.60. The topological polar surface area (TPSA) is 82.1 Å². The number of esters is 1. The van der Waals surface area contributed by atoms with Gasteiger partial charge in [-0.25, -0.2) is 8.42 Å². The quantitative estimate of drug-likeness (QED) is 0.770. The standard InChI is InChI=1S/C15H19NO6S/c1-2-20-15(17)11-5-7-16(8-6-11)23(18,19)12-3-4-13-14(9-12)22-10-21-13/h3-4,9,11H,2,5-8,10H2,1H3. The Balaban J connectivity index is 1.71. The molecule has 0 aromatic heterocycles. The van der Waals surface area contributed by atoms with Gasteiger partial charge in [-0.3, -0.25) is 4.79 Å². The molecule has 1 saturated heterocycles. The average molecular weight is 341 g/mol. The van der Waals surface area contributed by atoms with Crippen LogP contribution in [0.4, 0.5) is 0 Å². The van der Waals surface area contributed by atoms with E-state index in [2.05, 4.69) is 0 Å². The van der Waals surface area contributed by atoms with Crippen LogP contribution in [-0.2, 0) is 19.6 Å². The third-order valence-electron chi connectivity index (χ3n) is 4.06. The van der Waals surface area contributed by atoms with Crippen LogP contribution < -0.4 is 9.47 Å². The lowest BCUT2D eigenvalue weighted by atomic mass is 9.98. The molecular formula is C15H19NO6S. The second kappa shape index (κ2) is 6.37. The average Bonchev–Trinajstić information content (AvgIpc) is 3.03. The molecule has 8 heteroatoms. The maximum atomic E-state index is 12.7. The third kappa shape index (κ3) is 3.13. The molecule has 1 fully saturated rings. The van der Waals surface area contributed by atoms with Crippen LogP contribution in [0.5, 0.6) is 11.5 Å². The van der Waals surface area contributed by atoms with E-state index in [0.29, 0.717) is 44.0 Å². The first-order chi connectivity index (χ1) is 11.0. The van der Waals surface area contributed by atoms with E-state index in [-0.39, 0.29) is 23.6 Å². The molecule has 0 unspecified atom stereocenters. The Morgan fingerprint density at radius 1 is 1.26 bits per heavy atom. The molecule has 7 nitrogen and oxygen atoms in total. The zero-order valence-electron chi connectivity index (χ0n) is 12.9. The number of fused-ring (bicyclic) bond motifs is 1. The Morgan fingerprint density at radius 3 is 2.65 bits per heavy atom. The highest BCUT2D eigenvalue weighted by atomic mass is 32.2. The smallest absolute Gasteiger partial charge is 0.309 e. The van der Waals surface area contributed by atoms with E-state index in [1.165, 1.54) is 16.4 Å². The summed E-state index contributed by atoms with van der Waals surface area (Å²) in [5, 5.41) is 0. The first kappa shape index (κ1) is 16.1. The zero-order chi connectivity index (χ0) is 16.4. The van der Waals surface area contributed by atoms with Crippen molar-refractivity contribution in [3.63, 3.8) is 0 Å². The normalized spacial score (nSPS) is 18.8. The molecule has 0 spiro atoms. The Hall–Kier alpha value is -1.80. The van der Waals surface area contributed by atoms with E-state index in [1.54, 1.807) is 13.0 Å². The summed E-state index contributed by atoms with van der Waals surface area (Å²) in [6.07, 6.45) is 0.950. The highest BCUT2D eigenvalue weighted by Crippen LogP contribution is 2.35. The van der Waals surface area contributed by atoms with Crippen molar-refractivity contribution in [3.8, 4) is 11.5 Å². The van der Waals surface area contributed by atoms with Gasteiger partial charge in [0.2, 0.25) is 16.8 Å². The number of ether oxygens (including phenoxy) is 3. The molecule has 2 heterocycles. The van der Waals surface area contributed by atoms with E-state index in [9.17, 15) is 13.2 Å². The second-order valence-electron chi connectivity index (χ2n) is 5.45. The molecule has 2 aliphatic heterocycles. The van der Waals surface area contributed by atoms with Crippen LogP contribution >= 0.6 is 0 Å². The highest BCUT2D eigenvalue weighted by molar-refractivity contribution is 7.89. The van der Waals surface area contributed by atoms with Crippen LogP contribution in [0.15, 0.2) is 23.1 Å². The van der Waals surface area contributed by atoms with Gasteiger partial charge in [0.1, 0.15) is 0 Å². The zero-order valence-corrected chi connectivity index (χ0v) is 13.7. The number of benzene rings is 1. The number of hydrogen-bond acceptors (Lipinski definition) is 6. The Morgan fingerprint density at radius 2 is 1.96 bits per heavy atom. The van der Waals surface area contributed by atoms with Gasteiger partial charge in [-0.2, -0.15) is 4.31 Å². The van der Waals surface area contributed by atoms with Gasteiger partial charge in [0.15, 0.2) is 11.5 Å². The van der Waals surface area contributed by atoms with E-state index < -0.39 is 10.0 Å². The fraction of sp³-hybridized carbons (Fsp3) is 0.533. The first-order valence-corrected chi connectivity index (χ1v) is 9.03. The molecule has 0 N–H and O–H groups in total. The molecular weight excluding hydrogens is 322 g/mol. The SMILES string of the molecule is CCOC(=O)C1CCN(S(=O)(=O)c2ccc3c(c2)OCO3)CC1. The molecule has 1 aromatic carbocycles. The number of carbonyl (C=O) groups is 1. The molecule has 1 aromatic rings. The number of sulfonamides is 1. The Bertz CT molecular complexity index is 694. The summed E-state index contributed by atoms with van der Waals surface area (Å²) in [6, 6.07) is 4.59. The second-order valence-corrected chi connectivity index (χ2v) is 7.38. The summed E-state index contributed by atoms with van der Waals surface area (Å²) >= 11 is 0. The van der Waals surface area contributed by atoms with Crippen molar-refractivity contribution in [3.05, 3.63) is 18.2 Å². The summed E-state index contributed by atoms with van der Waals surface area (Å²) in [5.74, 6) is 0.517. The highest BCUT2D eigenvalue weighted by Gasteiger charge is 2.33. The van der Waals surface area contributed by atoms with Crippen molar-refractivity contribution in [2.24, 2.45) is 5.92 Å². The van der Waals surface area contributed by atoms with Crippen LogP contribution in [0.25, 0.3) is 0 Å². The van der Waals surface area contributed by atoms with E-state index in [1.807, 2.05) is 0 Å². The van der Waals surface area contributed by atoms with Crippen molar-refractivity contribution >= 4 is 16.0 Å². The van der Waals surface area contributed by atoms with Crippen LogP contribution in [-0.4, -0.2) is 45.2 Å². The molecule has 3 rings (SSSR count). The van der Waals surface area contributed by atoms with E-state index >= 15 is 0 Å². The number of nitrogens with zero attached hydrogens (tertiary/aromatic N) is 1. The molecule has 0 amide bonds. The van der Waals surface area contributed by atoms with Crippen molar-refractivity contribution < 1.29 is 27.4 Å². The molecule has 126 valence electrons. The molecule has 0 aliphatic carbocycles. The van der Waals surface area contributed by atoms with Gasteiger partial charge < -0.3 is 14.2 Å². The van der Waals surface area contributed by atoms with E-state index in [0.717, 1.165) is 0 Å². The number of hydrogen-bond donors (Lipinski definition) is 0. The molecule has 2 aliphatic rings. The summed E-state index contributed by atoms with van der Waals surface area (Å²) in [5.41, 5.74) is 0. The van der Waals surface area contributed by atoms with Crippen LogP contribution in [0.3, 0.4) is 0 Å². The Labute approximate surface area is 135 Å². The van der Waals surface area contributed by atoms with Gasteiger partial charge in [-0.15, -0.1) is 0 Å². The predicted molar refractivity (Wildman–Crippen MR) is 80.7 cm³/mol. The monoisotopic (exact) mass is 341 g/mol. The molecule has 0 saturated carbocycles. The van der Waals surface area contributed by atoms with Crippen molar-refractivity contribution in [2.45, 2.75) is 24.7 Å². The predicted octanol–water partition coefficient (Wildman–Crippen LogP) is 1.38. The maximum absolute atomic E-state index is 12.7.